The van der Waals surface area contributed by atoms with Crippen LogP contribution in [0.4, 0.5) is 0 Å². The van der Waals surface area contributed by atoms with Gasteiger partial charge in [-0.05, 0) is 37.6 Å². The van der Waals surface area contributed by atoms with Gasteiger partial charge in [-0.15, -0.1) is 0 Å². The van der Waals surface area contributed by atoms with Crippen molar-refractivity contribution < 1.29 is 1.43 Å². The molecule has 2 aromatic heterocycles. The lowest BCUT2D eigenvalue weighted by molar-refractivity contribution is 1.27. The van der Waals surface area contributed by atoms with E-state index in [2.05, 4.69) is 34.2 Å². The van der Waals surface area contributed by atoms with Gasteiger partial charge in [-0.3, -0.25) is 4.99 Å². The number of nitrogens with zero attached hydrogens (tertiary/aromatic N) is 2. The van der Waals surface area contributed by atoms with E-state index in [0.29, 0.717) is 0 Å². The van der Waals surface area contributed by atoms with Crippen molar-refractivity contribution in [2.75, 3.05) is 7.05 Å². The number of fused-ring (bicyclic) bond motifs is 1. The van der Waals surface area contributed by atoms with E-state index in [1.165, 1.54) is 0 Å². The van der Waals surface area contributed by atoms with Gasteiger partial charge in [0.25, 0.3) is 0 Å². The summed E-state index contributed by atoms with van der Waals surface area (Å²) in [7, 11) is 1.76. The molecule has 2 aromatic rings. The van der Waals surface area contributed by atoms with E-state index in [1.807, 2.05) is 32.2 Å². The van der Waals surface area contributed by atoms with Crippen molar-refractivity contribution in [1.29, 1.82) is 0 Å². The number of nitrogens with one attached hydrogen (secondary N) is 1. The van der Waals surface area contributed by atoms with Gasteiger partial charge < -0.3 is 4.98 Å². The van der Waals surface area contributed by atoms with Crippen molar-refractivity contribution in [3.05, 3.63) is 53.9 Å². The summed E-state index contributed by atoms with van der Waals surface area (Å²) in [6.45, 7) is 11.7. The number of hydrogen-bond donors (Lipinski definition) is 1. The van der Waals surface area contributed by atoms with Crippen LogP contribution in [0, 0.1) is 0 Å². The Hall–Kier alpha value is -2.42. The number of H-pyrrole nitrogens is 1. The van der Waals surface area contributed by atoms with Gasteiger partial charge in [0.05, 0.1) is 5.69 Å². The summed E-state index contributed by atoms with van der Waals surface area (Å²) in [5.41, 5.74) is 5.87. The molecule has 104 valence electrons. The van der Waals surface area contributed by atoms with Gasteiger partial charge in [0, 0.05) is 31.3 Å². The highest BCUT2D eigenvalue weighted by Gasteiger charge is 2.09. The molecule has 2 rings (SSSR count). The maximum Gasteiger partial charge on any atom is 0.139 e. The SMILES string of the molecule is C=Cc1[nH]c2nc(/C(C)=C/C(=C)C)ccc2c1C=NC.[HH]. The van der Waals surface area contributed by atoms with E-state index in [9.17, 15) is 0 Å². The first kappa shape index (κ1) is 14.0. The van der Waals surface area contributed by atoms with Gasteiger partial charge in [0.2, 0.25) is 0 Å². The van der Waals surface area contributed by atoms with Crippen LogP contribution in [0.3, 0.4) is 0 Å². The number of aliphatic imine (C=N–C) groups is 1. The summed E-state index contributed by atoms with van der Waals surface area (Å²) < 4.78 is 0. The predicted octanol–water partition coefficient (Wildman–Crippen LogP) is 4.48. The third kappa shape index (κ3) is 2.62. The molecule has 0 fully saturated rings. The van der Waals surface area contributed by atoms with E-state index in [4.69, 9.17) is 0 Å². The van der Waals surface area contributed by atoms with Gasteiger partial charge in [-0.2, -0.15) is 0 Å². The van der Waals surface area contributed by atoms with Crippen LogP contribution in [0.1, 0.15) is 32.2 Å². The average molecular weight is 267 g/mol. The highest BCUT2D eigenvalue weighted by Crippen LogP contribution is 2.23. The van der Waals surface area contributed by atoms with Crippen molar-refractivity contribution in [2.24, 2.45) is 4.99 Å². The molecular weight excluding hydrogens is 246 g/mol. The summed E-state index contributed by atoms with van der Waals surface area (Å²) in [6.07, 6.45) is 5.64. The monoisotopic (exact) mass is 267 g/mol. The van der Waals surface area contributed by atoms with E-state index in [-0.39, 0.29) is 1.43 Å². The quantitative estimate of drug-likeness (QED) is 0.644. The Balaban J connectivity index is 0.00000220. The summed E-state index contributed by atoms with van der Waals surface area (Å²) >= 11 is 0. The first-order valence-electron chi connectivity index (χ1n) is 6.48. The van der Waals surface area contributed by atoms with Crippen molar-refractivity contribution in [3.63, 3.8) is 0 Å². The van der Waals surface area contributed by atoms with Gasteiger partial charge in [0.15, 0.2) is 0 Å². The third-order valence-corrected chi connectivity index (χ3v) is 3.06. The number of allylic oxidation sites excluding steroid dienone is 3. The summed E-state index contributed by atoms with van der Waals surface area (Å²) in [5.74, 6) is 0. The molecule has 0 unspecified atom stereocenters. The van der Waals surface area contributed by atoms with E-state index >= 15 is 0 Å². The Kier molecular flexibility index (Phi) is 3.99. The predicted molar refractivity (Wildman–Crippen MR) is 90.3 cm³/mol. The fraction of sp³-hybridized carbons (Fsp3) is 0.176. The highest BCUT2D eigenvalue weighted by molar-refractivity contribution is 6.01. The van der Waals surface area contributed by atoms with Crippen LogP contribution in [0.25, 0.3) is 22.7 Å². The minimum Gasteiger partial charge on any atom is -0.339 e. The summed E-state index contributed by atoms with van der Waals surface area (Å²) in [6, 6.07) is 4.08. The van der Waals surface area contributed by atoms with E-state index in [0.717, 1.165) is 39.1 Å². The molecule has 0 aromatic carbocycles. The lowest BCUT2D eigenvalue weighted by Gasteiger charge is -2.01. The van der Waals surface area contributed by atoms with E-state index in [1.54, 1.807) is 13.1 Å². The zero-order valence-corrected chi connectivity index (χ0v) is 12.2. The molecular formula is C17H21N3. The zero-order chi connectivity index (χ0) is 14.7. The second-order valence-electron chi connectivity index (χ2n) is 4.81. The molecule has 0 aliphatic carbocycles. The number of aromatic nitrogens is 2. The van der Waals surface area contributed by atoms with Crippen molar-refractivity contribution >= 4 is 28.9 Å². The normalized spacial score (nSPS) is 12.2. The van der Waals surface area contributed by atoms with Crippen LogP contribution in [-0.4, -0.2) is 23.2 Å². The zero-order valence-electron chi connectivity index (χ0n) is 12.2. The molecule has 2 heterocycles. The minimum absolute atomic E-state index is 0. The Morgan fingerprint density at radius 1 is 1.40 bits per heavy atom. The second kappa shape index (κ2) is 5.70. The van der Waals surface area contributed by atoms with Crippen LogP contribution in [-0.2, 0) is 0 Å². The van der Waals surface area contributed by atoms with Gasteiger partial charge in [0.1, 0.15) is 5.65 Å². The molecule has 0 radical (unpaired) electrons. The molecule has 3 nitrogen and oxygen atoms in total. The Morgan fingerprint density at radius 3 is 2.75 bits per heavy atom. The minimum atomic E-state index is 0. The molecule has 0 aliphatic heterocycles. The number of hydrogen-bond acceptors (Lipinski definition) is 2. The number of pyridine rings is 1. The number of rotatable bonds is 4. The lowest BCUT2D eigenvalue weighted by Crippen LogP contribution is -1.87. The summed E-state index contributed by atoms with van der Waals surface area (Å²) in [4.78, 5) is 12.0. The molecule has 0 atom stereocenters. The standard InChI is InChI=1S/C17H19N3.H2/c1-6-15-14(10-18-5)13-7-8-16(20-17(13)19-15)12(4)9-11(2)3;/h6-10H,1-2H2,3-5H3,(H,19,20);1H/b12-9+,18-10?;. The van der Waals surface area contributed by atoms with E-state index < -0.39 is 0 Å². The Bertz CT molecular complexity index is 736. The van der Waals surface area contributed by atoms with Gasteiger partial charge in [-0.1, -0.05) is 24.8 Å². The van der Waals surface area contributed by atoms with Gasteiger partial charge >= 0.3 is 0 Å². The molecule has 0 saturated heterocycles. The van der Waals surface area contributed by atoms with Crippen LogP contribution in [0.5, 0.6) is 0 Å². The lowest BCUT2D eigenvalue weighted by atomic mass is 10.1. The first-order valence-corrected chi connectivity index (χ1v) is 6.48. The highest BCUT2D eigenvalue weighted by atomic mass is 14.9. The van der Waals surface area contributed by atoms with Gasteiger partial charge in [-0.25, -0.2) is 4.98 Å². The van der Waals surface area contributed by atoms with Crippen LogP contribution >= 0.6 is 0 Å². The molecule has 0 amide bonds. The largest absolute Gasteiger partial charge is 0.339 e. The third-order valence-electron chi connectivity index (χ3n) is 3.06. The van der Waals surface area contributed by atoms with Crippen molar-refractivity contribution in [2.45, 2.75) is 13.8 Å². The maximum absolute atomic E-state index is 4.67. The van der Waals surface area contributed by atoms with Crippen molar-refractivity contribution in [1.82, 2.24) is 9.97 Å². The maximum atomic E-state index is 4.67. The summed E-state index contributed by atoms with van der Waals surface area (Å²) in [5, 5.41) is 1.05. The Morgan fingerprint density at radius 2 is 2.15 bits per heavy atom. The average Bonchev–Trinajstić information content (AvgIpc) is 2.76. The molecule has 3 heteroatoms. The molecule has 0 spiro atoms. The smallest absolute Gasteiger partial charge is 0.139 e. The Labute approximate surface area is 121 Å². The molecule has 0 saturated carbocycles. The molecule has 20 heavy (non-hydrogen) atoms. The molecule has 0 aliphatic rings. The molecule has 0 bridgehead atoms. The fourth-order valence-electron chi connectivity index (χ4n) is 2.20. The topological polar surface area (TPSA) is 41.0 Å². The fourth-order valence-corrected chi connectivity index (χ4v) is 2.20. The van der Waals surface area contributed by atoms with Crippen LogP contribution in [0.15, 0.2) is 41.9 Å². The second-order valence-corrected chi connectivity index (χ2v) is 4.81. The van der Waals surface area contributed by atoms with Crippen LogP contribution in [0.2, 0.25) is 0 Å². The van der Waals surface area contributed by atoms with Crippen LogP contribution < -0.4 is 0 Å². The van der Waals surface area contributed by atoms with Crippen molar-refractivity contribution in [3.8, 4) is 0 Å². The first-order chi connectivity index (χ1) is 9.56. The molecule has 1 N–H and O–H groups in total. The number of aromatic amines is 1.